The molecule has 10 heteroatoms. The highest BCUT2D eigenvalue weighted by Crippen LogP contribution is 2.25. The summed E-state index contributed by atoms with van der Waals surface area (Å²) in [5.74, 6) is 0.870. The largest absolute Gasteiger partial charge is 0.460 e. The number of aromatic nitrogens is 6. The van der Waals surface area contributed by atoms with Crippen molar-refractivity contribution in [1.29, 1.82) is 0 Å². The van der Waals surface area contributed by atoms with Crippen molar-refractivity contribution in [1.82, 2.24) is 34.0 Å². The van der Waals surface area contributed by atoms with Crippen LogP contribution in [-0.4, -0.2) is 60.3 Å². The Morgan fingerprint density at radius 1 is 1.21 bits per heavy atom. The third kappa shape index (κ3) is 4.54. The summed E-state index contributed by atoms with van der Waals surface area (Å²) >= 11 is 0. The van der Waals surface area contributed by atoms with E-state index in [0.29, 0.717) is 24.2 Å². The lowest BCUT2D eigenvalue weighted by Gasteiger charge is -2.28. The number of nitrogens with two attached hydrogens (primary N) is 1. The van der Waals surface area contributed by atoms with Gasteiger partial charge < -0.3 is 25.3 Å². The van der Waals surface area contributed by atoms with E-state index < -0.39 is 0 Å². The fourth-order valence-electron chi connectivity index (χ4n) is 4.25. The molecular formula is C24H31N9O. The Kier molecular flexibility index (Phi) is 6.06. The zero-order valence-corrected chi connectivity index (χ0v) is 19.8. The molecule has 0 radical (unpaired) electrons. The van der Waals surface area contributed by atoms with E-state index in [0.717, 1.165) is 48.4 Å². The summed E-state index contributed by atoms with van der Waals surface area (Å²) in [4.78, 5) is 15.9. The summed E-state index contributed by atoms with van der Waals surface area (Å²) in [5.41, 5.74) is 10.6. The number of imidazole rings is 1. The zero-order chi connectivity index (χ0) is 23.7. The molecule has 1 aromatic carbocycles. The topological polar surface area (TPSA) is 111 Å². The highest BCUT2D eigenvalue weighted by molar-refractivity contribution is 5.55. The van der Waals surface area contributed by atoms with Crippen molar-refractivity contribution < 1.29 is 4.74 Å². The van der Waals surface area contributed by atoms with Crippen molar-refractivity contribution in [2.24, 2.45) is 0 Å². The number of anilines is 2. The van der Waals surface area contributed by atoms with Crippen LogP contribution in [0.25, 0.3) is 11.3 Å². The van der Waals surface area contributed by atoms with E-state index in [9.17, 15) is 0 Å². The van der Waals surface area contributed by atoms with Crippen molar-refractivity contribution in [3.05, 3.63) is 54.2 Å². The van der Waals surface area contributed by atoms with Gasteiger partial charge in [0.1, 0.15) is 6.10 Å². The summed E-state index contributed by atoms with van der Waals surface area (Å²) in [7, 11) is 2.14. The molecule has 3 N–H and O–H groups in total. The second kappa shape index (κ2) is 9.30. The second-order valence-corrected chi connectivity index (χ2v) is 9.15. The molecule has 4 aromatic rings. The molecule has 1 saturated heterocycles. The first-order chi connectivity index (χ1) is 16.5. The number of hydrogen-bond donors (Lipinski definition) is 2. The third-order valence-electron chi connectivity index (χ3n) is 6.26. The zero-order valence-electron chi connectivity index (χ0n) is 19.8. The number of piperidine rings is 1. The molecule has 34 heavy (non-hydrogen) atoms. The van der Waals surface area contributed by atoms with Crippen molar-refractivity contribution in [3.8, 4) is 11.7 Å². The first-order valence-electron chi connectivity index (χ1n) is 11.7. The van der Waals surface area contributed by atoms with Gasteiger partial charge >= 0.3 is 6.01 Å². The highest BCUT2D eigenvalue weighted by Gasteiger charge is 2.22. The Labute approximate surface area is 198 Å². The molecule has 1 aliphatic rings. The van der Waals surface area contributed by atoms with Gasteiger partial charge in [0, 0.05) is 43.3 Å². The first kappa shape index (κ1) is 22.1. The molecule has 0 bridgehead atoms. The Morgan fingerprint density at radius 2 is 2.03 bits per heavy atom. The van der Waals surface area contributed by atoms with E-state index in [1.807, 2.05) is 35.2 Å². The lowest BCUT2D eigenvalue weighted by molar-refractivity contribution is 0.105. The van der Waals surface area contributed by atoms with Crippen LogP contribution in [-0.2, 0) is 6.54 Å². The predicted octanol–water partition coefficient (Wildman–Crippen LogP) is 3.10. The van der Waals surface area contributed by atoms with E-state index >= 15 is 0 Å². The van der Waals surface area contributed by atoms with E-state index in [-0.39, 0.29) is 12.0 Å². The van der Waals surface area contributed by atoms with Crippen LogP contribution in [0, 0.1) is 0 Å². The molecule has 0 amide bonds. The molecule has 0 spiro atoms. The molecule has 0 saturated carbocycles. The van der Waals surface area contributed by atoms with E-state index in [1.165, 1.54) is 0 Å². The average Bonchev–Trinajstić information content (AvgIpc) is 3.50. The molecule has 0 unspecified atom stereocenters. The van der Waals surface area contributed by atoms with E-state index in [2.05, 4.69) is 41.2 Å². The van der Waals surface area contributed by atoms with Gasteiger partial charge in [0.05, 0.1) is 18.2 Å². The number of nitrogen functional groups attached to an aromatic ring is 1. The van der Waals surface area contributed by atoms with Crippen LogP contribution in [0.5, 0.6) is 6.01 Å². The standard InChI is InChI=1S/C24H31N9O/c1-16(2)20-14-28-33-22(20)29-24(34-19-6-9-31(3)10-7-19)30-23(33)27-13-17-4-5-18(25)12-21(17)32-11-8-26-15-32/h4-5,8,11-12,14-16,19H,6-7,9-10,13,25H2,1-3H3,(H,27,29,30). The Bertz CT molecular complexity index is 1260. The first-order valence-corrected chi connectivity index (χ1v) is 11.7. The van der Waals surface area contributed by atoms with Crippen molar-refractivity contribution in [2.45, 2.75) is 45.3 Å². The molecular weight excluding hydrogens is 430 g/mol. The van der Waals surface area contributed by atoms with Crippen LogP contribution in [0.15, 0.2) is 43.1 Å². The van der Waals surface area contributed by atoms with Crippen molar-refractivity contribution in [2.75, 3.05) is 31.2 Å². The number of ether oxygens (including phenoxy) is 1. The smallest absolute Gasteiger partial charge is 0.322 e. The van der Waals surface area contributed by atoms with Gasteiger partial charge in [-0.15, -0.1) is 0 Å². The van der Waals surface area contributed by atoms with Crippen molar-refractivity contribution >= 4 is 17.3 Å². The van der Waals surface area contributed by atoms with Crippen LogP contribution >= 0.6 is 0 Å². The van der Waals surface area contributed by atoms with Gasteiger partial charge in [-0.1, -0.05) is 19.9 Å². The SMILES string of the molecule is CC(C)c1cnn2c(NCc3ccc(N)cc3-n3ccnc3)nc(OC3CCN(C)CC3)nc12. The number of nitrogens with one attached hydrogen (secondary N) is 1. The van der Waals surface area contributed by atoms with Crippen LogP contribution < -0.4 is 15.8 Å². The fraction of sp³-hybridized carbons (Fsp3) is 0.417. The number of likely N-dealkylation sites (tertiary alicyclic amines) is 1. The van der Waals surface area contributed by atoms with Gasteiger partial charge in [0.15, 0.2) is 5.65 Å². The van der Waals surface area contributed by atoms with Gasteiger partial charge in [0.2, 0.25) is 5.95 Å². The molecule has 10 nitrogen and oxygen atoms in total. The number of fused-ring (bicyclic) bond motifs is 1. The predicted molar refractivity (Wildman–Crippen MR) is 131 cm³/mol. The second-order valence-electron chi connectivity index (χ2n) is 9.15. The molecule has 1 fully saturated rings. The summed E-state index contributed by atoms with van der Waals surface area (Å²) in [6.07, 6.45) is 9.31. The van der Waals surface area contributed by atoms with Crippen LogP contribution in [0.4, 0.5) is 11.6 Å². The third-order valence-corrected chi connectivity index (χ3v) is 6.26. The van der Waals surface area contributed by atoms with Crippen LogP contribution in [0.1, 0.15) is 43.7 Å². The summed E-state index contributed by atoms with van der Waals surface area (Å²) in [5, 5.41) is 8.02. The Balaban J connectivity index is 1.46. The summed E-state index contributed by atoms with van der Waals surface area (Å²) in [6, 6.07) is 6.23. The van der Waals surface area contributed by atoms with Gasteiger partial charge in [-0.2, -0.15) is 19.6 Å². The maximum atomic E-state index is 6.25. The van der Waals surface area contributed by atoms with E-state index in [4.69, 9.17) is 20.4 Å². The molecule has 5 rings (SSSR count). The Hall–Kier alpha value is -3.66. The van der Waals surface area contributed by atoms with Gasteiger partial charge in [-0.25, -0.2) is 4.98 Å². The Morgan fingerprint density at radius 3 is 2.76 bits per heavy atom. The lowest BCUT2D eigenvalue weighted by Crippen LogP contribution is -2.36. The molecule has 4 heterocycles. The molecule has 0 aliphatic carbocycles. The minimum Gasteiger partial charge on any atom is -0.460 e. The minimum atomic E-state index is 0.113. The quantitative estimate of drug-likeness (QED) is 0.404. The van der Waals surface area contributed by atoms with Crippen molar-refractivity contribution in [3.63, 3.8) is 0 Å². The maximum Gasteiger partial charge on any atom is 0.322 e. The summed E-state index contributed by atoms with van der Waals surface area (Å²) < 4.78 is 9.95. The normalized spacial score (nSPS) is 15.3. The maximum absolute atomic E-state index is 6.25. The molecule has 1 aliphatic heterocycles. The minimum absolute atomic E-state index is 0.113. The van der Waals surface area contributed by atoms with E-state index in [1.54, 1.807) is 17.0 Å². The molecule has 0 atom stereocenters. The molecule has 178 valence electrons. The monoisotopic (exact) mass is 461 g/mol. The number of nitrogens with zero attached hydrogens (tertiary/aromatic N) is 7. The lowest BCUT2D eigenvalue weighted by atomic mass is 10.1. The number of benzene rings is 1. The van der Waals surface area contributed by atoms with Crippen LogP contribution in [0.2, 0.25) is 0 Å². The number of hydrogen-bond acceptors (Lipinski definition) is 8. The van der Waals surface area contributed by atoms with Gasteiger partial charge in [-0.3, -0.25) is 0 Å². The van der Waals surface area contributed by atoms with Crippen LogP contribution in [0.3, 0.4) is 0 Å². The van der Waals surface area contributed by atoms with Gasteiger partial charge in [0.25, 0.3) is 0 Å². The summed E-state index contributed by atoms with van der Waals surface area (Å²) in [6.45, 7) is 6.81. The van der Waals surface area contributed by atoms with Gasteiger partial charge in [-0.05, 0) is 43.5 Å². The average molecular weight is 462 g/mol. The highest BCUT2D eigenvalue weighted by atomic mass is 16.5. The molecule has 3 aromatic heterocycles. The fourth-order valence-corrected chi connectivity index (χ4v) is 4.25. The number of rotatable bonds is 7.